The predicted molar refractivity (Wildman–Crippen MR) is 106 cm³/mol. The fraction of sp³-hybridized carbons (Fsp3) is 0.143. The van der Waals surface area contributed by atoms with Gasteiger partial charge in [0, 0.05) is 11.4 Å². The van der Waals surface area contributed by atoms with Crippen LogP contribution in [0.3, 0.4) is 0 Å². The summed E-state index contributed by atoms with van der Waals surface area (Å²) in [6.07, 6.45) is -4.53. The van der Waals surface area contributed by atoms with Crippen LogP contribution >= 0.6 is 0 Å². The molecule has 154 valence electrons. The lowest BCUT2D eigenvalue weighted by Gasteiger charge is -2.34. The average molecular weight is 421 g/mol. The second-order valence-corrected chi connectivity index (χ2v) is 6.85. The number of nitrogens with zero attached hydrogens (tertiary/aromatic N) is 6. The van der Waals surface area contributed by atoms with Crippen LogP contribution in [0, 0.1) is 22.7 Å². The van der Waals surface area contributed by atoms with E-state index in [1.807, 2.05) is 6.07 Å². The molecule has 0 saturated heterocycles. The van der Waals surface area contributed by atoms with Crippen molar-refractivity contribution in [3.63, 3.8) is 0 Å². The standard InChI is InChI=1S/C21H14F3N7/c1-12-17(11-26)18(14-7-5-13(10-25)6-8-14)31-20(28-19(27)29-31)30(12)16-4-2-3-15(9-16)21(22,23)24/h2-9,18H,1H3,(H2,27,29). The Morgan fingerprint density at radius 1 is 1.06 bits per heavy atom. The second-order valence-electron chi connectivity index (χ2n) is 6.85. The molecule has 0 bridgehead atoms. The van der Waals surface area contributed by atoms with Gasteiger partial charge in [0.1, 0.15) is 6.04 Å². The molecule has 2 aromatic carbocycles. The molecule has 1 atom stereocenters. The molecule has 7 nitrogen and oxygen atoms in total. The van der Waals surface area contributed by atoms with Crippen molar-refractivity contribution < 1.29 is 13.2 Å². The van der Waals surface area contributed by atoms with E-state index in [0.717, 1.165) is 12.1 Å². The third-order valence-electron chi connectivity index (χ3n) is 4.98. The Bertz CT molecular complexity index is 1270. The normalized spacial score (nSPS) is 15.9. The van der Waals surface area contributed by atoms with Gasteiger partial charge >= 0.3 is 6.18 Å². The van der Waals surface area contributed by atoms with Gasteiger partial charge in [-0.2, -0.15) is 28.7 Å². The number of nitriles is 2. The fourth-order valence-corrected chi connectivity index (χ4v) is 3.57. The maximum Gasteiger partial charge on any atom is 0.416 e. The third kappa shape index (κ3) is 3.34. The number of hydrogen-bond donors (Lipinski definition) is 1. The van der Waals surface area contributed by atoms with Crippen molar-refractivity contribution >= 4 is 17.6 Å². The second kappa shape index (κ2) is 7.18. The van der Waals surface area contributed by atoms with E-state index in [1.54, 1.807) is 31.2 Å². The van der Waals surface area contributed by atoms with Crippen LogP contribution in [0.15, 0.2) is 59.8 Å². The number of halogens is 3. The largest absolute Gasteiger partial charge is 0.416 e. The van der Waals surface area contributed by atoms with Crippen molar-refractivity contribution in [1.82, 2.24) is 14.8 Å². The number of alkyl halides is 3. The molecule has 0 saturated carbocycles. The van der Waals surface area contributed by atoms with E-state index in [2.05, 4.69) is 16.2 Å². The zero-order valence-electron chi connectivity index (χ0n) is 16.1. The lowest BCUT2D eigenvalue weighted by Crippen LogP contribution is -2.31. The number of hydrogen-bond acceptors (Lipinski definition) is 6. The van der Waals surface area contributed by atoms with Gasteiger partial charge in [0.15, 0.2) is 0 Å². The molecule has 1 aromatic heterocycles. The van der Waals surface area contributed by atoms with Gasteiger partial charge in [0.2, 0.25) is 11.9 Å². The molecule has 0 radical (unpaired) electrons. The number of fused-ring (bicyclic) bond motifs is 1. The predicted octanol–water partition coefficient (Wildman–Crippen LogP) is 4.29. The van der Waals surface area contributed by atoms with Gasteiger partial charge in [-0.05, 0) is 42.8 Å². The van der Waals surface area contributed by atoms with E-state index in [1.165, 1.54) is 21.7 Å². The SMILES string of the molecule is CC1=C(C#N)C(c2ccc(C#N)cc2)n2nc(N)nc2N1c1cccc(C(F)(F)F)c1. The van der Waals surface area contributed by atoms with E-state index < -0.39 is 17.8 Å². The van der Waals surface area contributed by atoms with Crippen LogP contribution in [0.2, 0.25) is 0 Å². The van der Waals surface area contributed by atoms with Crippen molar-refractivity contribution in [3.05, 3.63) is 76.5 Å². The lowest BCUT2D eigenvalue weighted by atomic mass is 9.95. The van der Waals surface area contributed by atoms with Gasteiger partial charge in [0.25, 0.3) is 0 Å². The van der Waals surface area contributed by atoms with Gasteiger partial charge in [-0.25, -0.2) is 4.68 Å². The van der Waals surface area contributed by atoms with Crippen LogP contribution in [0.5, 0.6) is 0 Å². The van der Waals surface area contributed by atoms with E-state index >= 15 is 0 Å². The first kappa shape index (κ1) is 20.0. The Kier molecular flexibility index (Phi) is 4.63. The molecular weight excluding hydrogens is 407 g/mol. The molecule has 1 aliphatic rings. The summed E-state index contributed by atoms with van der Waals surface area (Å²) in [5.74, 6) is 0.0975. The molecule has 2 N–H and O–H groups in total. The quantitative estimate of drug-likeness (QED) is 0.661. The summed E-state index contributed by atoms with van der Waals surface area (Å²) in [4.78, 5) is 5.64. The third-order valence-corrected chi connectivity index (χ3v) is 4.98. The number of rotatable bonds is 2. The van der Waals surface area contributed by atoms with Gasteiger partial charge in [-0.3, -0.25) is 4.90 Å². The van der Waals surface area contributed by atoms with Crippen LogP contribution < -0.4 is 10.6 Å². The van der Waals surface area contributed by atoms with Gasteiger partial charge in [0.05, 0.1) is 28.8 Å². The van der Waals surface area contributed by atoms with Crippen molar-refractivity contribution in [1.29, 1.82) is 10.5 Å². The fourth-order valence-electron chi connectivity index (χ4n) is 3.57. The van der Waals surface area contributed by atoms with Gasteiger partial charge in [-0.15, -0.1) is 5.10 Å². The van der Waals surface area contributed by atoms with Crippen LogP contribution in [-0.4, -0.2) is 14.8 Å². The summed E-state index contributed by atoms with van der Waals surface area (Å²) in [5, 5.41) is 23.2. The summed E-state index contributed by atoms with van der Waals surface area (Å²) < 4.78 is 41.2. The molecular formula is C21H14F3N7. The Labute approximate surface area is 175 Å². The summed E-state index contributed by atoms with van der Waals surface area (Å²) >= 11 is 0. The van der Waals surface area contributed by atoms with E-state index in [4.69, 9.17) is 11.0 Å². The first-order chi connectivity index (χ1) is 14.7. The molecule has 3 aromatic rings. The molecule has 0 aliphatic carbocycles. The Balaban J connectivity index is 1.92. The minimum atomic E-state index is -4.53. The Hall–Kier alpha value is -4.31. The lowest BCUT2D eigenvalue weighted by molar-refractivity contribution is -0.137. The van der Waals surface area contributed by atoms with E-state index in [9.17, 15) is 18.4 Å². The summed E-state index contributed by atoms with van der Waals surface area (Å²) in [5.41, 5.74) is 6.93. The first-order valence-electron chi connectivity index (χ1n) is 9.05. The maximum atomic E-state index is 13.3. The zero-order chi connectivity index (χ0) is 22.3. The Morgan fingerprint density at radius 2 is 1.77 bits per heavy atom. The number of allylic oxidation sites excluding steroid dienone is 2. The van der Waals surface area contributed by atoms with E-state index in [-0.39, 0.29) is 23.2 Å². The molecule has 0 spiro atoms. The molecule has 1 aliphatic heterocycles. The average Bonchev–Trinajstić information content (AvgIpc) is 3.13. The van der Waals surface area contributed by atoms with Crippen molar-refractivity contribution in [2.75, 3.05) is 10.6 Å². The zero-order valence-corrected chi connectivity index (χ0v) is 16.1. The van der Waals surface area contributed by atoms with Crippen molar-refractivity contribution in [2.45, 2.75) is 19.1 Å². The van der Waals surface area contributed by atoms with Crippen LogP contribution in [0.4, 0.5) is 30.8 Å². The maximum absolute atomic E-state index is 13.3. The van der Waals surface area contributed by atoms with Crippen LogP contribution in [0.25, 0.3) is 0 Å². The summed E-state index contributed by atoms with van der Waals surface area (Å²) in [6, 6.07) is 14.8. The van der Waals surface area contributed by atoms with Crippen molar-refractivity contribution in [3.8, 4) is 12.1 Å². The molecule has 0 amide bonds. The number of nitrogens with two attached hydrogens (primary N) is 1. The van der Waals surface area contributed by atoms with Gasteiger partial charge in [-0.1, -0.05) is 18.2 Å². The smallest absolute Gasteiger partial charge is 0.366 e. The highest BCUT2D eigenvalue weighted by molar-refractivity contribution is 5.69. The minimum Gasteiger partial charge on any atom is -0.366 e. The highest BCUT2D eigenvalue weighted by Crippen LogP contribution is 2.43. The number of anilines is 3. The number of benzene rings is 2. The molecule has 0 fully saturated rings. The van der Waals surface area contributed by atoms with Crippen LogP contribution in [-0.2, 0) is 6.18 Å². The van der Waals surface area contributed by atoms with Crippen LogP contribution in [0.1, 0.15) is 29.7 Å². The Morgan fingerprint density at radius 3 is 2.39 bits per heavy atom. The summed E-state index contributed by atoms with van der Waals surface area (Å²) in [7, 11) is 0. The highest BCUT2D eigenvalue weighted by Gasteiger charge is 2.37. The minimum absolute atomic E-state index is 0.0855. The van der Waals surface area contributed by atoms with E-state index in [0.29, 0.717) is 16.8 Å². The molecule has 10 heteroatoms. The molecule has 31 heavy (non-hydrogen) atoms. The highest BCUT2D eigenvalue weighted by atomic mass is 19.4. The first-order valence-corrected chi connectivity index (χ1v) is 9.05. The molecule has 2 heterocycles. The number of nitrogen functional groups attached to an aromatic ring is 1. The number of aromatic nitrogens is 3. The van der Waals surface area contributed by atoms with Gasteiger partial charge < -0.3 is 5.73 Å². The summed E-state index contributed by atoms with van der Waals surface area (Å²) in [6.45, 7) is 1.63. The monoisotopic (exact) mass is 421 g/mol. The topological polar surface area (TPSA) is 108 Å². The molecule has 4 rings (SSSR count). The van der Waals surface area contributed by atoms with Crippen molar-refractivity contribution in [2.24, 2.45) is 0 Å². The molecule has 1 unspecified atom stereocenters.